The zero-order chi connectivity index (χ0) is 25.4. The average Bonchev–Trinajstić information content (AvgIpc) is 3.31. The number of hydrogen-bond acceptors (Lipinski definition) is 11. The maximum Gasteiger partial charge on any atom is 0.348 e. The highest BCUT2D eigenvalue weighted by atomic mass is 32.2. The lowest BCUT2D eigenvalue weighted by Gasteiger charge is -2.10. The third kappa shape index (κ3) is 7.50. The molecule has 0 radical (unpaired) electrons. The molecule has 0 aliphatic rings. The number of nitrogens with one attached hydrogen (secondary N) is 2. The smallest absolute Gasteiger partial charge is 0.348 e. The zero-order valence-corrected chi connectivity index (χ0v) is 22.3. The Labute approximate surface area is 210 Å². The fourth-order valence-electron chi connectivity index (χ4n) is 2.71. The van der Waals surface area contributed by atoms with Crippen molar-refractivity contribution in [2.45, 2.75) is 57.6 Å². The maximum absolute atomic E-state index is 12.9. The van der Waals surface area contributed by atoms with Crippen LogP contribution in [0.25, 0.3) is 0 Å². The van der Waals surface area contributed by atoms with Crippen LogP contribution in [0.15, 0.2) is 4.34 Å². The van der Waals surface area contributed by atoms with E-state index in [-0.39, 0.29) is 40.5 Å². The van der Waals surface area contributed by atoms with Gasteiger partial charge in [0.2, 0.25) is 16.9 Å². The number of aromatic nitrogens is 2. The molecule has 34 heavy (non-hydrogen) atoms. The van der Waals surface area contributed by atoms with Gasteiger partial charge in [-0.05, 0) is 39.2 Å². The molecule has 2 aromatic rings. The molecule has 2 aromatic heterocycles. The van der Waals surface area contributed by atoms with Gasteiger partial charge in [0.25, 0.3) is 0 Å². The van der Waals surface area contributed by atoms with E-state index in [9.17, 15) is 19.2 Å². The molecule has 0 saturated heterocycles. The van der Waals surface area contributed by atoms with E-state index in [1.165, 1.54) is 11.3 Å². The van der Waals surface area contributed by atoms with Gasteiger partial charge in [0.05, 0.1) is 24.0 Å². The number of thioether (sulfide) groups is 1. The number of nitrogens with zero attached hydrogens (tertiary/aromatic N) is 2. The lowest BCUT2D eigenvalue weighted by Crippen LogP contribution is -2.23. The molecule has 0 aliphatic carbocycles. The lowest BCUT2D eigenvalue weighted by molar-refractivity contribution is -0.117. The third-order valence-corrected chi connectivity index (χ3v) is 7.43. The number of ether oxygens (including phenoxy) is 2. The quantitative estimate of drug-likeness (QED) is 0.247. The molecule has 2 rings (SSSR count). The molecule has 0 saturated carbocycles. The number of anilines is 2. The van der Waals surface area contributed by atoms with Crippen molar-refractivity contribution in [3.05, 3.63) is 16.0 Å². The fraction of sp³-hybridized carbons (Fsp3) is 0.524. The molecule has 2 amide bonds. The van der Waals surface area contributed by atoms with Crippen molar-refractivity contribution in [2.75, 3.05) is 23.8 Å². The summed E-state index contributed by atoms with van der Waals surface area (Å²) in [6.45, 7) is 10.9. The summed E-state index contributed by atoms with van der Waals surface area (Å²) >= 11 is 3.29. The van der Waals surface area contributed by atoms with Gasteiger partial charge in [0.1, 0.15) is 9.88 Å². The first kappa shape index (κ1) is 27.7. The number of thiophene rings is 1. The van der Waals surface area contributed by atoms with Crippen molar-refractivity contribution in [2.24, 2.45) is 5.92 Å². The Hall–Kier alpha value is -2.51. The largest absolute Gasteiger partial charge is 0.462 e. The van der Waals surface area contributed by atoms with E-state index in [0.29, 0.717) is 21.5 Å². The average molecular weight is 529 g/mol. The molecule has 186 valence electrons. The molecule has 0 fully saturated rings. The van der Waals surface area contributed by atoms with Gasteiger partial charge in [-0.15, -0.1) is 21.5 Å². The van der Waals surface area contributed by atoms with Crippen molar-refractivity contribution in [1.82, 2.24) is 10.2 Å². The van der Waals surface area contributed by atoms with Crippen molar-refractivity contribution >= 4 is 68.3 Å². The summed E-state index contributed by atoms with van der Waals surface area (Å²) in [6.07, 6.45) is 0.373. The molecular weight excluding hydrogens is 500 g/mol. The molecular formula is C21H28N4O6S3. The second-order valence-electron chi connectivity index (χ2n) is 7.47. The van der Waals surface area contributed by atoms with Gasteiger partial charge >= 0.3 is 11.9 Å². The summed E-state index contributed by atoms with van der Waals surface area (Å²) in [6, 6.07) is 0. The summed E-state index contributed by atoms with van der Waals surface area (Å²) < 4.78 is 10.7. The number of esters is 2. The minimum absolute atomic E-state index is 0.131. The molecule has 13 heteroatoms. The maximum atomic E-state index is 12.9. The van der Waals surface area contributed by atoms with Gasteiger partial charge in [-0.2, -0.15) is 0 Å². The standard InChI is InChI=1S/C21H28N4O6S3/c1-7-30-18(28)14-11(5)15(19(29)31-8-2)33-17(14)23-16(27)12(6)32-21-25-24-20(34-21)22-13(26)9-10(3)4/h10,12H,7-9H2,1-6H3,(H,23,27)(H,22,24,26). The van der Waals surface area contributed by atoms with Crippen LogP contribution in [0.4, 0.5) is 10.1 Å². The first-order valence-corrected chi connectivity index (χ1v) is 13.2. The topological polar surface area (TPSA) is 137 Å². The van der Waals surface area contributed by atoms with Crippen molar-refractivity contribution in [1.29, 1.82) is 0 Å². The molecule has 0 aliphatic heterocycles. The molecule has 2 heterocycles. The van der Waals surface area contributed by atoms with Crippen LogP contribution >= 0.6 is 34.4 Å². The van der Waals surface area contributed by atoms with E-state index in [1.807, 2.05) is 13.8 Å². The van der Waals surface area contributed by atoms with Crippen LogP contribution in [0.5, 0.6) is 0 Å². The zero-order valence-electron chi connectivity index (χ0n) is 19.8. The predicted molar refractivity (Wildman–Crippen MR) is 133 cm³/mol. The van der Waals surface area contributed by atoms with E-state index in [4.69, 9.17) is 9.47 Å². The fourth-order valence-corrected chi connectivity index (χ4v) is 5.71. The van der Waals surface area contributed by atoms with Gasteiger partial charge in [0, 0.05) is 6.42 Å². The van der Waals surface area contributed by atoms with Crippen molar-refractivity contribution < 1.29 is 28.7 Å². The Morgan fingerprint density at radius 3 is 2.24 bits per heavy atom. The lowest BCUT2D eigenvalue weighted by atomic mass is 10.1. The first-order valence-electron chi connectivity index (χ1n) is 10.7. The van der Waals surface area contributed by atoms with Gasteiger partial charge in [-0.3, -0.25) is 9.59 Å². The van der Waals surface area contributed by atoms with Crippen molar-refractivity contribution in [3.63, 3.8) is 0 Å². The van der Waals surface area contributed by atoms with E-state index in [0.717, 1.165) is 23.1 Å². The molecule has 10 nitrogen and oxygen atoms in total. The molecule has 1 unspecified atom stereocenters. The van der Waals surface area contributed by atoms with E-state index >= 15 is 0 Å². The monoisotopic (exact) mass is 528 g/mol. The Bertz CT molecular complexity index is 1050. The summed E-state index contributed by atoms with van der Waals surface area (Å²) in [4.78, 5) is 49.8. The highest BCUT2D eigenvalue weighted by Gasteiger charge is 2.28. The molecule has 0 aromatic carbocycles. The SMILES string of the molecule is CCOC(=O)c1sc(NC(=O)C(C)Sc2nnc(NC(=O)CC(C)C)s2)c(C(=O)OCC)c1C. The van der Waals surface area contributed by atoms with Crippen LogP contribution in [-0.2, 0) is 19.1 Å². The molecule has 2 N–H and O–H groups in total. The number of rotatable bonds is 11. The third-order valence-electron chi connectivity index (χ3n) is 4.22. The number of carbonyl (C=O) groups excluding carboxylic acids is 4. The second-order valence-corrected chi connectivity index (χ2v) is 11.1. The minimum Gasteiger partial charge on any atom is -0.462 e. The van der Waals surface area contributed by atoms with Crippen LogP contribution < -0.4 is 10.6 Å². The van der Waals surface area contributed by atoms with E-state index < -0.39 is 23.1 Å². The van der Waals surface area contributed by atoms with Gasteiger partial charge in [-0.25, -0.2) is 9.59 Å². The van der Waals surface area contributed by atoms with Gasteiger partial charge < -0.3 is 20.1 Å². The number of hydrogen-bond donors (Lipinski definition) is 2. The summed E-state index contributed by atoms with van der Waals surface area (Å²) in [5.41, 5.74) is 0.523. The Morgan fingerprint density at radius 1 is 0.971 bits per heavy atom. The highest BCUT2D eigenvalue weighted by molar-refractivity contribution is 8.02. The molecule has 0 bridgehead atoms. The number of amides is 2. The summed E-state index contributed by atoms with van der Waals surface area (Å²) in [5, 5.41) is 13.4. The molecule has 0 spiro atoms. The number of carbonyl (C=O) groups is 4. The van der Waals surface area contributed by atoms with Crippen LogP contribution in [0, 0.1) is 12.8 Å². The summed E-state index contributed by atoms with van der Waals surface area (Å²) in [5.74, 6) is -1.53. The predicted octanol–water partition coefficient (Wildman–Crippen LogP) is 4.37. The van der Waals surface area contributed by atoms with Crippen molar-refractivity contribution in [3.8, 4) is 0 Å². The van der Waals surface area contributed by atoms with E-state index in [1.54, 1.807) is 27.7 Å². The summed E-state index contributed by atoms with van der Waals surface area (Å²) in [7, 11) is 0. The Balaban J connectivity index is 2.13. The van der Waals surface area contributed by atoms with Crippen LogP contribution in [0.3, 0.4) is 0 Å². The first-order chi connectivity index (χ1) is 16.1. The second kappa shape index (κ2) is 12.8. The van der Waals surface area contributed by atoms with Crippen LogP contribution in [0.2, 0.25) is 0 Å². The van der Waals surface area contributed by atoms with Crippen LogP contribution in [-0.4, -0.2) is 52.4 Å². The Kier molecular flexibility index (Phi) is 10.5. The minimum atomic E-state index is -0.631. The van der Waals surface area contributed by atoms with Crippen LogP contribution in [0.1, 0.15) is 66.6 Å². The van der Waals surface area contributed by atoms with Gasteiger partial charge in [-0.1, -0.05) is 36.9 Å². The molecule has 1 atom stereocenters. The highest BCUT2D eigenvalue weighted by Crippen LogP contribution is 2.36. The van der Waals surface area contributed by atoms with E-state index in [2.05, 4.69) is 20.8 Å². The normalized spacial score (nSPS) is 11.7. The van der Waals surface area contributed by atoms with Gasteiger partial charge in [0.15, 0.2) is 4.34 Å². The Morgan fingerprint density at radius 2 is 1.62 bits per heavy atom.